The highest BCUT2D eigenvalue weighted by Gasteiger charge is 2.50. The number of aliphatic carboxylic acids is 1. The van der Waals surface area contributed by atoms with Gasteiger partial charge in [-0.1, -0.05) is 41.4 Å². The molecule has 2 aliphatic rings. The predicted octanol–water partition coefficient (Wildman–Crippen LogP) is 0.929. The summed E-state index contributed by atoms with van der Waals surface area (Å²) in [6.45, 7) is 0.229. The van der Waals surface area contributed by atoms with Crippen LogP contribution in [-0.4, -0.2) is 24.1 Å². The van der Waals surface area contributed by atoms with E-state index in [0.29, 0.717) is 10.0 Å². The van der Waals surface area contributed by atoms with Crippen molar-refractivity contribution in [1.29, 1.82) is 0 Å². The molecule has 0 radical (unpaired) electrons. The first-order valence-corrected chi connectivity index (χ1v) is 7.49. The first-order valence-electron chi connectivity index (χ1n) is 6.73. The van der Waals surface area contributed by atoms with Gasteiger partial charge in [0.25, 0.3) is 0 Å². The molecule has 0 spiro atoms. The summed E-state index contributed by atoms with van der Waals surface area (Å²) in [5.41, 5.74) is 0.771. The van der Waals surface area contributed by atoms with Crippen molar-refractivity contribution >= 4 is 35.1 Å². The molecule has 2 heterocycles. The second-order valence-electron chi connectivity index (χ2n) is 5.29. The molecule has 1 aromatic carbocycles. The van der Waals surface area contributed by atoms with Crippen LogP contribution in [0.25, 0.3) is 0 Å². The van der Waals surface area contributed by atoms with Gasteiger partial charge in [-0.05, 0) is 17.7 Å². The van der Waals surface area contributed by atoms with Crippen LogP contribution in [0.1, 0.15) is 5.56 Å². The lowest BCUT2D eigenvalue weighted by atomic mass is 9.82. The summed E-state index contributed by atoms with van der Waals surface area (Å²) in [5, 5.41) is 14.8. The molecule has 0 saturated carbocycles. The lowest BCUT2D eigenvalue weighted by Crippen LogP contribution is -2.46. The first kappa shape index (κ1) is 15.3. The van der Waals surface area contributed by atoms with Gasteiger partial charge in [0.15, 0.2) is 0 Å². The van der Waals surface area contributed by atoms with Gasteiger partial charge in [0.1, 0.15) is 0 Å². The summed E-state index contributed by atoms with van der Waals surface area (Å²) in [7, 11) is 0. The molecule has 0 unspecified atom stereocenters. The Bertz CT molecular complexity index is 661. The van der Waals surface area contributed by atoms with Crippen molar-refractivity contribution < 1.29 is 19.4 Å². The molecule has 7 heteroatoms. The lowest BCUT2D eigenvalue weighted by molar-refractivity contribution is -0.313. The number of nitrogens with one attached hydrogen (secondary N) is 1. The molecule has 1 fully saturated rings. The number of carboxylic acid groups (broad SMARTS) is 1. The lowest BCUT2D eigenvalue weighted by Gasteiger charge is -2.25. The zero-order valence-corrected chi connectivity index (χ0v) is 12.8. The summed E-state index contributed by atoms with van der Waals surface area (Å²) in [4.78, 5) is 23.5. The number of ether oxygens (including phenoxy) is 1. The smallest absolute Gasteiger partial charge is 0.227 e. The number of halogens is 2. The van der Waals surface area contributed by atoms with Crippen molar-refractivity contribution in [3.8, 4) is 0 Å². The van der Waals surface area contributed by atoms with E-state index in [4.69, 9.17) is 27.9 Å². The highest BCUT2D eigenvalue weighted by molar-refractivity contribution is 6.42. The van der Waals surface area contributed by atoms with Crippen molar-refractivity contribution in [2.75, 3.05) is 0 Å². The Morgan fingerprint density at radius 2 is 1.82 bits per heavy atom. The molecular weight excluding hydrogens is 329 g/mol. The molecule has 116 valence electrons. The monoisotopic (exact) mass is 340 g/mol. The van der Waals surface area contributed by atoms with Gasteiger partial charge in [0.2, 0.25) is 5.91 Å². The summed E-state index contributed by atoms with van der Waals surface area (Å²) in [6.07, 6.45) is 2.28. The van der Waals surface area contributed by atoms with Crippen LogP contribution in [0.5, 0.6) is 0 Å². The average molecular weight is 341 g/mol. The van der Waals surface area contributed by atoms with Gasteiger partial charge in [0, 0.05) is 18.4 Å². The van der Waals surface area contributed by atoms with E-state index in [1.807, 2.05) is 0 Å². The maximum Gasteiger partial charge on any atom is 0.227 e. The summed E-state index contributed by atoms with van der Waals surface area (Å²) < 4.78 is 5.44. The van der Waals surface area contributed by atoms with Crippen LogP contribution in [0.2, 0.25) is 10.0 Å². The quantitative estimate of drug-likeness (QED) is 0.827. The molecule has 1 saturated heterocycles. The number of benzene rings is 1. The molecule has 5 nitrogen and oxygen atoms in total. The Labute approximate surface area is 136 Å². The topological polar surface area (TPSA) is 78.5 Å². The Hall–Kier alpha value is -1.56. The number of hydrogen-bond donors (Lipinski definition) is 1. The average Bonchev–Trinajstić information content (AvgIpc) is 3.08. The molecule has 2 aliphatic heterocycles. The van der Waals surface area contributed by atoms with Gasteiger partial charge < -0.3 is 20.0 Å². The molecule has 4 atom stereocenters. The van der Waals surface area contributed by atoms with Crippen LogP contribution in [0.15, 0.2) is 30.4 Å². The van der Waals surface area contributed by atoms with Crippen molar-refractivity contribution in [1.82, 2.24) is 5.32 Å². The molecule has 0 aliphatic carbocycles. The number of carbonyl (C=O) groups excluding carboxylic acids is 2. The standard InChI is InChI=1S/C15H13Cl2NO4/c16-8-2-1-7(5-9(8)17)6-18-14(19)12-10-3-4-11(22-10)13(12)15(20)21/h1-5,10-13H,6H2,(H,18,19)(H,20,21)/p-1/t10-,11+,12+,13-/m0/s1. The van der Waals surface area contributed by atoms with E-state index in [2.05, 4.69) is 5.32 Å². The van der Waals surface area contributed by atoms with Gasteiger partial charge >= 0.3 is 0 Å². The SMILES string of the molecule is O=C([O-])[C@@H]1[C@H](C(=O)NCc2ccc(Cl)c(Cl)c2)[C@@H]2C=C[C@H]1O2. The van der Waals surface area contributed by atoms with Gasteiger partial charge in [-0.3, -0.25) is 4.79 Å². The maximum absolute atomic E-state index is 12.3. The minimum absolute atomic E-state index is 0.229. The third-order valence-electron chi connectivity index (χ3n) is 3.93. The van der Waals surface area contributed by atoms with Crippen LogP contribution >= 0.6 is 23.2 Å². The fourth-order valence-electron chi connectivity index (χ4n) is 2.86. The number of amides is 1. The summed E-state index contributed by atoms with van der Waals surface area (Å²) in [6, 6.07) is 5.03. The Balaban J connectivity index is 1.68. The first-order chi connectivity index (χ1) is 10.5. The Morgan fingerprint density at radius 1 is 1.14 bits per heavy atom. The third kappa shape index (κ3) is 2.72. The second kappa shape index (κ2) is 5.91. The van der Waals surface area contributed by atoms with E-state index in [1.165, 1.54) is 0 Å². The van der Waals surface area contributed by atoms with E-state index in [-0.39, 0.29) is 12.5 Å². The van der Waals surface area contributed by atoms with Crippen LogP contribution in [0.4, 0.5) is 0 Å². The van der Waals surface area contributed by atoms with Gasteiger partial charge in [-0.25, -0.2) is 0 Å². The molecule has 2 bridgehead atoms. The Kier molecular flexibility index (Phi) is 4.12. The fourth-order valence-corrected chi connectivity index (χ4v) is 3.18. The van der Waals surface area contributed by atoms with Crippen molar-refractivity contribution in [2.45, 2.75) is 18.8 Å². The summed E-state index contributed by atoms with van der Waals surface area (Å²) >= 11 is 11.7. The van der Waals surface area contributed by atoms with E-state index >= 15 is 0 Å². The largest absolute Gasteiger partial charge is 0.550 e. The van der Waals surface area contributed by atoms with E-state index in [1.54, 1.807) is 30.4 Å². The van der Waals surface area contributed by atoms with Crippen LogP contribution < -0.4 is 10.4 Å². The van der Waals surface area contributed by atoms with Gasteiger partial charge in [-0.2, -0.15) is 0 Å². The molecular formula is C15H12Cl2NO4-. The zero-order chi connectivity index (χ0) is 15.9. The fraction of sp³-hybridized carbons (Fsp3) is 0.333. The minimum atomic E-state index is -1.27. The number of fused-ring (bicyclic) bond motifs is 2. The third-order valence-corrected chi connectivity index (χ3v) is 4.66. The zero-order valence-electron chi connectivity index (χ0n) is 11.3. The second-order valence-corrected chi connectivity index (χ2v) is 6.10. The molecule has 1 amide bonds. The molecule has 22 heavy (non-hydrogen) atoms. The van der Waals surface area contributed by atoms with Crippen LogP contribution in [0.3, 0.4) is 0 Å². The van der Waals surface area contributed by atoms with Crippen molar-refractivity contribution in [3.63, 3.8) is 0 Å². The number of hydrogen-bond acceptors (Lipinski definition) is 4. The van der Waals surface area contributed by atoms with E-state index < -0.39 is 30.0 Å². The number of carbonyl (C=O) groups is 2. The van der Waals surface area contributed by atoms with Crippen molar-refractivity contribution in [2.24, 2.45) is 11.8 Å². The number of rotatable bonds is 4. The van der Waals surface area contributed by atoms with Crippen LogP contribution in [-0.2, 0) is 20.9 Å². The predicted molar refractivity (Wildman–Crippen MR) is 78.1 cm³/mol. The summed E-state index contributed by atoms with van der Waals surface area (Å²) in [5.74, 6) is -3.38. The van der Waals surface area contributed by atoms with E-state index in [9.17, 15) is 14.7 Å². The molecule has 0 aromatic heterocycles. The van der Waals surface area contributed by atoms with Crippen molar-refractivity contribution in [3.05, 3.63) is 46.0 Å². The maximum atomic E-state index is 12.3. The Morgan fingerprint density at radius 3 is 2.45 bits per heavy atom. The van der Waals surface area contributed by atoms with Gasteiger partial charge in [0.05, 0.1) is 28.2 Å². The molecule has 1 aromatic rings. The molecule has 1 N–H and O–H groups in total. The minimum Gasteiger partial charge on any atom is -0.550 e. The van der Waals surface area contributed by atoms with E-state index in [0.717, 1.165) is 5.56 Å². The normalized spacial score (nSPS) is 28.8. The highest BCUT2D eigenvalue weighted by Crippen LogP contribution is 2.39. The van der Waals surface area contributed by atoms with Gasteiger partial charge in [-0.15, -0.1) is 0 Å². The number of carboxylic acids is 1. The molecule has 3 rings (SSSR count). The highest BCUT2D eigenvalue weighted by atomic mass is 35.5. The van der Waals surface area contributed by atoms with Crippen LogP contribution in [0, 0.1) is 11.8 Å².